The molecule has 8 fully saturated rings. The van der Waals surface area contributed by atoms with Gasteiger partial charge in [0, 0.05) is 71.1 Å². The molecule has 14 bridgehead atoms. The van der Waals surface area contributed by atoms with Crippen molar-refractivity contribution in [3.8, 4) is 0 Å². The molecule has 14 atom stereocenters. The van der Waals surface area contributed by atoms with Crippen LogP contribution in [0.1, 0.15) is 0 Å². The molecule has 20 nitrogen and oxygen atoms in total. The van der Waals surface area contributed by atoms with Crippen molar-refractivity contribution in [2.24, 2.45) is 0 Å². The fraction of sp³-hybridized carbons (Fsp3) is 1.00. The maximum Gasteiger partial charge on any atom is 0.475 e. The van der Waals surface area contributed by atoms with Gasteiger partial charge < -0.3 is 82.3 Å². The Kier molecular flexibility index (Phi) is 8.09. The van der Waals surface area contributed by atoms with E-state index in [1.807, 2.05) is 13.1 Å². The summed E-state index contributed by atoms with van der Waals surface area (Å²) >= 11 is 0. The van der Waals surface area contributed by atoms with Crippen LogP contribution in [0.4, 0.5) is 0 Å². The molecule has 0 saturated carbocycles. The van der Waals surface area contributed by atoms with Crippen LogP contribution >= 0.6 is 0 Å². The minimum atomic E-state index is -4.00. The molecule has 0 aromatic heterocycles. The lowest BCUT2D eigenvalue weighted by Gasteiger charge is -2.58. The molecule has 0 aliphatic carbocycles. The van der Waals surface area contributed by atoms with E-state index in [0.29, 0.717) is 0 Å². The summed E-state index contributed by atoms with van der Waals surface area (Å²) in [6.45, 7) is 21.0. The lowest BCUT2D eigenvalue weighted by atomic mass is 11.8. The van der Waals surface area contributed by atoms with Crippen molar-refractivity contribution in [3.63, 3.8) is 0 Å². The average Bonchev–Trinajstić information content (AvgIpc) is 2.67. The maximum absolute atomic E-state index is 7.14. The van der Waals surface area contributed by atoms with Crippen molar-refractivity contribution in [1.29, 1.82) is 0 Å². The van der Waals surface area contributed by atoms with Crippen molar-refractivity contribution in [2.75, 3.05) is 0 Å². The topological polar surface area (TPSA) is 185 Å². The number of rotatable bonds is 0. The van der Waals surface area contributed by atoms with E-state index in [-0.39, 0.29) is 5.67 Å². The Hall–Kier alpha value is 2.24. The van der Waals surface area contributed by atoms with Crippen LogP contribution in [0.15, 0.2) is 0 Å². The Labute approximate surface area is 289 Å². The van der Waals surface area contributed by atoms with Gasteiger partial charge in [0.2, 0.25) is 0 Å². The minimum Gasteiger partial charge on any atom is -0.395 e. The number of fused-ring (bicyclic) bond motifs is 6. The predicted molar refractivity (Wildman–Crippen MR) is 180 cm³/mol. The van der Waals surface area contributed by atoms with Gasteiger partial charge in [-0.25, -0.2) is 0 Å². The highest BCUT2D eigenvalue weighted by Crippen LogP contribution is 2.48. The van der Waals surface area contributed by atoms with Crippen LogP contribution in [0.5, 0.6) is 0 Å². The normalized spacial score (nSPS) is 65.1. The van der Waals surface area contributed by atoms with Gasteiger partial charge in [0.15, 0.2) is 0 Å². The molecule has 8 aliphatic heterocycles. The van der Waals surface area contributed by atoms with Gasteiger partial charge in [-0.05, 0) is 13.1 Å². The molecule has 0 N–H and O–H groups in total. The zero-order valence-corrected chi connectivity index (χ0v) is 42.3. The highest BCUT2D eigenvalue weighted by Gasteiger charge is 2.76. The molecule has 8 aliphatic rings. The van der Waals surface area contributed by atoms with E-state index in [2.05, 4.69) is 0 Å². The molecule has 0 aromatic carbocycles. The van der Waals surface area contributed by atoms with Gasteiger partial charge in [0.1, 0.15) is 0 Å². The van der Waals surface area contributed by atoms with Crippen LogP contribution in [0.2, 0.25) is 84.2 Å². The molecular weight excluding hydrogens is 869 g/mol. The number of hydrogen-bond donors (Lipinski definition) is 0. The summed E-state index contributed by atoms with van der Waals surface area (Å²) in [5.74, 6) is 0. The monoisotopic (exact) mass is 908 g/mol. The zero-order valence-electron chi connectivity index (χ0n) is 28.0. The maximum atomic E-state index is 7.14. The third-order valence-corrected chi connectivity index (χ3v) is 70.4. The van der Waals surface area contributed by atoms with Gasteiger partial charge in [-0.2, -0.15) is 0 Å². The second-order valence-electron chi connectivity index (χ2n) is 13.8. The lowest BCUT2D eigenvalue weighted by Crippen LogP contribution is -2.83. The Bertz CT molecular complexity index is 1190. The van der Waals surface area contributed by atoms with Crippen molar-refractivity contribution >= 4 is 124 Å². The quantitative estimate of drug-likeness (QED) is 0.301. The summed E-state index contributed by atoms with van der Waals surface area (Å²) in [5, 5.41) is 0. The van der Waals surface area contributed by atoms with Gasteiger partial charge in [-0.15, -0.1) is 0 Å². The summed E-state index contributed by atoms with van der Waals surface area (Å²) in [7, 11) is -53.0. The highest BCUT2D eigenvalue weighted by atomic mass is 28.6. The van der Waals surface area contributed by atoms with Gasteiger partial charge in [-0.3, -0.25) is 0 Å². The van der Waals surface area contributed by atoms with Gasteiger partial charge in [-0.1, -0.05) is 0 Å². The fourth-order valence-corrected chi connectivity index (χ4v) is 86.0. The van der Waals surface area contributed by atoms with Gasteiger partial charge >= 0.3 is 124 Å². The molecule has 8 saturated heterocycles. The molecule has 47 heavy (non-hydrogen) atoms. The van der Waals surface area contributed by atoms with Gasteiger partial charge in [0.05, 0.1) is 0 Å². The van der Waals surface area contributed by atoms with Crippen molar-refractivity contribution in [1.82, 2.24) is 0 Å². The second-order valence-corrected chi connectivity index (χ2v) is 55.2. The first kappa shape index (κ1) is 36.2. The molecule has 34 heteroatoms. The van der Waals surface area contributed by atoms with E-state index in [9.17, 15) is 0 Å². The fourth-order valence-electron chi connectivity index (χ4n) is 7.56. The van der Waals surface area contributed by atoms with Crippen LogP contribution in [0.25, 0.3) is 0 Å². The smallest absolute Gasteiger partial charge is 0.395 e. The molecule has 8 heterocycles. The molecule has 0 spiro atoms. The average molecular weight is 910 g/mol. The third kappa shape index (κ3) is 6.90. The van der Waals surface area contributed by atoms with E-state index in [4.69, 9.17) is 82.3 Å². The lowest BCUT2D eigenvalue weighted by molar-refractivity contribution is 0.0111. The SMILES string of the molecule is C[Si]12C[Si]3(C)O[Si]4(C)O[Si]5(C)O[SiH]6O[Si]7(C)O[Si]8(C)O[SiH](O[Si](C)(O1)O5)O[Si](C)(O2)O[Si](C)(O8)O[Si](C)(O3)O[Si](C)(O7)O[Si](C)(O6)O4. The molecule has 0 aromatic rings. The van der Waals surface area contributed by atoms with E-state index < -0.39 is 124 Å². The summed E-state index contributed by atoms with van der Waals surface area (Å²) in [5.41, 5.74) is 0.183. The van der Waals surface area contributed by atoms with Crippen molar-refractivity contribution in [3.05, 3.63) is 0 Å². The molecular formula is C13H40O20Si14. The van der Waals surface area contributed by atoms with E-state index in [0.717, 1.165) is 0 Å². The largest absolute Gasteiger partial charge is 0.475 e. The van der Waals surface area contributed by atoms with Crippen LogP contribution in [0, 0.1) is 0 Å². The summed E-state index contributed by atoms with van der Waals surface area (Å²) in [4.78, 5) is 0. The molecule has 268 valence electrons. The molecule has 0 amide bonds. The summed E-state index contributed by atoms with van der Waals surface area (Å²) in [6, 6.07) is 0. The Morgan fingerprint density at radius 1 is 0.255 bits per heavy atom. The number of hydrogen-bond acceptors (Lipinski definition) is 20. The Morgan fingerprint density at radius 2 is 0.426 bits per heavy atom. The first-order chi connectivity index (χ1) is 21.2. The van der Waals surface area contributed by atoms with Crippen LogP contribution in [0.3, 0.4) is 0 Å². The standard InChI is InChI=1S/C13H40O20Si14/c1-36-13-37(2)22-44(9)27-40(5)17-35-18-42(7)25-41(6)16-34(14-38(3,20-36)24-40)15-39(4,21-36)26-46(11,29-41)32-45(10,23-37)33-47(12,30-42)31-43(8,19-35)28-44/h34-35H,13H2,1-12H3. The molecule has 8 rings (SSSR count). The van der Waals surface area contributed by atoms with Crippen LogP contribution < -0.4 is 0 Å². The van der Waals surface area contributed by atoms with E-state index in [1.165, 1.54) is 0 Å². The molecule has 0 radical (unpaired) electrons. The summed E-state index contributed by atoms with van der Waals surface area (Å²) < 4.78 is 137. The van der Waals surface area contributed by atoms with Crippen molar-refractivity contribution in [2.45, 2.75) is 84.2 Å². The third-order valence-electron chi connectivity index (χ3n) is 7.82. The first-order valence-corrected chi connectivity index (χ1v) is 45.2. The van der Waals surface area contributed by atoms with Crippen molar-refractivity contribution < 1.29 is 82.3 Å². The summed E-state index contributed by atoms with van der Waals surface area (Å²) in [6.07, 6.45) is 0. The van der Waals surface area contributed by atoms with Crippen LogP contribution in [-0.4, -0.2) is 124 Å². The van der Waals surface area contributed by atoms with Gasteiger partial charge in [0.25, 0.3) is 0 Å². The molecule has 14 unspecified atom stereocenters. The minimum absolute atomic E-state index is 0.183. The highest BCUT2D eigenvalue weighted by molar-refractivity contribution is 7.04. The Morgan fingerprint density at radius 3 is 0.702 bits per heavy atom. The zero-order chi connectivity index (χ0) is 34.0. The first-order valence-electron chi connectivity index (χ1n) is 15.1. The van der Waals surface area contributed by atoms with E-state index >= 15 is 0 Å². The van der Waals surface area contributed by atoms with E-state index in [1.54, 1.807) is 65.5 Å². The van der Waals surface area contributed by atoms with Crippen LogP contribution in [-0.2, 0) is 82.3 Å². The Balaban J connectivity index is 1.49. The second kappa shape index (κ2) is 10.5. The predicted octanol–water partition coefficient (Wildman–Crippen LogP) is 0.232.